The molecule has 11 rings (SSSR count). The highest BCUT2D eigenvalue weighted by Gasteiger charge is 2.31. The van der Waals surface area contributed by atoms with Crippen molar-refractivity contribution in [2.45, 2.75) is 170 Å². The van der Waals surface area contributed by atoms with E-state index in [1.807, 2.05) is 0 Å². The molecule has 1 aliphatic carbocycles. The molecule has 10 aromatic rings. The summed E-state index contributed by atoms with van der Waals surface area (Å²) in [6.45, 7) is 34.1. The van der Waals surface area contributed by atoms with Crippen LogP contribution < -0.4 is 51.0 Å². The van der Waals surface area contributed by atoms with E-state index in [4.69, 9.17) is 28.9 Å². The van der Waals surface area contributed by atoms with Crippen LogP contribution >= 0.6 is 15.8 Å². The van der Waals surface area contributed by atoms with Crippen LogP contribution in [0, 0.1) is 0 Å². The minimum Gasteiger partial charge on any atom is -0.493 e. The number of fused-ring (bicyclic) bond motifs is 8. The third kappa shape index (κ3) is 16.1. The third-order valence-electron chi connectivity index (χ3n) is 17.7. The molecule has 0 fully saturated rings. The Kier molecular flexibility index (Phi) is 20.8. The summed E-state index contributed by atoms with van der Waals surface area (Å²) in [6.07, 6.45) is 4.01. The molecule has 8 aromatic carbocycles. The summed E-state index contributed by atoms with van der Waals surface area (Å²) in [5.74, 6) is 3.60. The molecule has 1 aliphatic rings. The maximum absolute atomic E-state index is 7.56. The topological polar surface area (TPSA) is 62.7 Å². The molecule has 0 aliphatic heterocycles. The molecule has 2 aromatic heterocycles. The summed E-state index contributed by atoms with van der Waals surface area (Å²) in [7, 11) is -1.87. The van der Waals surface area contributed by atoms with Crippen LogP contribution in [0.1, 0.15) is 188 Å². The van der Waals surface area contributed by atoms with Gasteiger partial charge >= 0.3 is 0 Å². The van der Waals surface area contributed by atoms with E-state index in [1.54, 1.807) is 0 Å². The molecule has 0 unspecified atom stereocenters. The summed E-state index contributed by atoms with van der Waals surface area (Å²) in [5.41, 5.74) is 17.0. The van der Waals surface area contributed by atoms with Gasteiger partial charge < -0.3 is 18.9 Å². The predicted octanol–water partition coefficient (Wildman–Crippen LogP) is 18.6. The van der Waals surface area contributed by atoms with Crippen molar-refractivity contribution >= 4 is 47.9 Å². The molecule has 94 heavy (non-hydrogen) atoms. The molecule has 0 saturated carbocycles. The molecule has 8 bridgehead atoms. The van der Waals surface area contributed by atoms with Gasteiger partial charge in [-0.15, -0.1) is 0 Å². The first kappa shape index (κ1) is 67.5. The van der Waals surface area contributed by atoms with Gasteiger partial charge in [0, 0.05) is 41.5 Å². The van der Waals surface area contributed by atoms with Gasteiger partial charge in [-0.3, -0.25) is 0 Å². The van der Waals surface area contributed by atoms with Crippen molar-refractivity contribution in [3.63, 3.8) is 0 Å². The fourth-order valence-corrected chi connectivity index (χ4v) is 17.0. The lowest BCUT2D eigenvalue weighted by Crippen LogP contribution is -2.23. The van der Waals surface area contributed by atoms with Gasteiger partial charge in [-0.1, -0.05) is 279 Å². The van der Waals surface area contributed by atoms with Crippen LogP contribution in [0.15, 0.2) is 206 Å². The van der Waals surface area contributed by atoms with Crippen molar-refractivity contribution in [3.8, 4) is 23.0 Å². The first-order valence-corrected chi connectivity index (χ1v) is 36.6. The zero-order valence-electron chi connectivity index (χ0n) is 58.1. The number of pyridine rings is 2. The molecule has 8 heteroatoms. The Hall–Kier alpha value is -7.88. The molecular formula is C86H96N2O4P2. The Morgan fingerprint density at radius 3 is 0.755 bits per heavy atom. The molecule has 0 N–H and O–H groups in total. The summed E-state index contributed by atoms with van der Waals surface area (Å²) in [5, 5.41) is 5.03. The first-order valence-electron chi connectivity index (χ1n) is 33.9. The SMILES string of the molecule is CCCOc1c2cc(C(C)(C)C)cc1Cc1cc(C(C)(C)C)cc(c1OCc1cccc(P(c3ccccc3)c3ccccc3)n1)Cc1cc(C(C)(C)C)cc(c1OCCC)Cc1cc(C(C)(C)C)cc(c1OCc1cccc(P(c3ccccc3)c3ccccc3)n1)C2. The molecule has 0 radical (unpaired) electrons. The molecule has 484 valence electrons. The maximum atomic E-state index is 7.56. The van der Waals surface area contributed by atoms with Gasteiger partial charge in [0.25, 0.3) is 0 Å². The Labute approximate surface area is 564 Å². The second-order valence-corrected chi connectivity index (χ2v) is 33.8. The Morgan fingerprint density at radius 2 is 0.532 bits per heavy atom. The second kappa shape index (κ2) is 29.0. The number of hydrogen-bond donors (Lipinski definition) is 0. The van der Waals surface area contributed by atoms with E-state index in [1.165, 1.54) is 43.5 Å². The Bertz CT molecular complexity index is 3770. The zero-order valence-corrected chi connectivity index (χ0v) is 59.9. The predicted molar refractivity (Wildman–Crippen MR) is 398 cm³/mol. The van der Waals surface area contributed by atoms with Crippen LogP contribution in [0.25, 0.3) is 0 Å². The van der Waals surface area contributed by atoms with Crippen LogP contribution in [-0.4, -0.2) is 23.2 Å². The fraction of sp³-hybridized carbons (Fsp3) is 0.326. The van der Waals surface area contributed by atoms with E-state index in [0.29, 0.717) is 38.9 Å². The normalized spacial score (nSPS) is 12.9. The molecule has 2 heterocycles. The lowest BCUT2D eigenvalue weighted by atomic mass is 9.79. The van der Waals surface area contributed by atoms with Gasteiger partial charge in [-0.05, 0) is 147 Å². The van der Waals surface area contributed by atoms with E-state index in [9.17, 15) is 0 Å². The average Bonchev–Trinajstić information content (AvgIpc) is 0.768. The quantitative estimate of drug-likeness (QED) is 0.0798. The van der Waals surface area contributed by atoms with E-state index in [0.717, 1.165) is 103 Å². The van der Waals surface area contributed by atoms with Gasteiger partial charge in [0.1, 0.15) is 36.2 Å². The van der Waals surface area contributed by atoms with Gasteiger partial charge in [0.2, 0.25) is 0 Å². The van der Waals surface area contributed by atoms with E-state index < -0.39 is 15.8 Å². The molecule has 0 atom stereocenters. The highest BCUT2D eigenvalue weighted by atomic mass is 31.1. The minimum absolute atomic E-state index is 0.197. The largest absolute Gasteiger partial charge is 0.493 e. The number of hydrogen-bond acceptors (Lipinski definition) is 6. The zero-order chi connectivity index (χ0) is 66.4. The van der Waals surface area contributed by atoms with Crippen LogP contribution in [0.2, 0.25) is 0 Å². The summed E-state index contributed by atoms with van der Waals surface area (Å²) < 4.78 is 29.6. The third-order valence-corrected chi connectivity index (χ3v) is 22.4. The Balaban J connectivity index is 1.13. The number of aromatic nitrogens is 2. The van der Waals surface area contributed by atoms with Gasteiger partial charge in [-0.25, -0.2) is 9.97 Å². The molecule has 0 saturated heterocycles. The lowest BCUT2D eigenvalue weighted by molar-refractivity contribution is 0.293. The second-order valence-electron chi connectivity index (χ2n) is 29.5. The highest BCUT2D eigenvalue weighted by molar-refractivity contribution is 7.80. The van der Waals surface area contributed by atoms with Gasteiger partial charge in [0.05, 0.1) is 35.5 Å². The minimum atomic E-state index is -0.936. The first-order chi connectivity index (χ1) is 45.0. The van der Waals surface area contributed by atoms with E-state index in [-0.39, 0.29) is 34.9 Å². The van der Waals surface area contributed by atoms with E-state index in [2.05, 4.69) is 303 Å². The average molecular weight is 1280 g/mol. The number of rotatable bonds is 18. The highest BCUT2D eigenvalue weighted by Crippen LogP contribution is 2.45. The van der Waals surface area contributed by atoms with Crippen LogP contribution in [0.5, 0.6) is 23.0 Å². The van der Waals surface area contributed by atoms with Crippen molar-refractivity contribution in [1.82, 2.24) is 9.97 Å². The van der Waals surface area contributed by atoms with Crippen molar-refractivity contribution < 1.29 is 18.9 Å². The monoisotopic (exact) mass is 1280 g/mol. The summed E-state index contributed by atoms with van der Waals surface area (Å²) in [4.78, 5) is 11.0. The van der Waals surface area contributed by atoms with Crippen molar-refractivity contribution in [1.29, 1.82) is 0 Å². The van der Waals surface area contributed by atoms with Crippen molar-refractivity contribution in [3.05, 3.63) is 284 Å². The van der Waals surface area contributed by atoms with Crippen LogP contribution in [0.4, 0.5) is 0 Å². The smallest absolute Gasteiger partial charge is 0.130 e. The lowest BCUT2D eigenvalue weighted by Gasteiger charge is -2.29. The number of ether oxygens (including phenoxy) is 4. The van der Waals surface area contributed by atoms with Crippen LogP contribution in [-0.2, 0) is 60.6 Å². The van der Waals surface area contributed by atoms with Crippen molar-refractivity contribution in [2.24, 2.45) is 0 Å². The molecule has 0 spiro atoms. The molecular weight excluding hydrogens is 1190 g/mol. The number of nitrogens with zero attached hydrogens (tertiary/aromatic N) is 2. The van der Waals surface area contributed by atoms with E-state index >= 15 is 0 Å². The van der Waals surface area contributed by atoms with Crippen molar-refractivity contribution in [2.75, 3.05) is 13.2 Å². The standard InChI is InChI=1S/C86H96N2O4P2/c1-15-43-89-79-59-45-63-53-69(85(9,10)11)55-65(81(63)91-57-71-31-29-41-77(87-71)93(73-33-21-17-22-34-73)74-35-23-18-24-36-74)47-61-51-68(84(6,7)8)52-62(80(61)90-44-16-2)48-66-56-70(86(12,13)14)54-64(46-60(79)50-67(49-59)83(3,4)5)82(66)92-58-72-32-30-42-78(88-72)94(75-37-25-19-26-38-75)76-39-27-20-28-40-76/h17-42,49-56H,15-16,43-48,57-58H2,1-14H3. The molecule has 6 nitrogen and oxygen atoms in total. The number of benzene rings is 8. The van der Waals surface area contributed by atoms with Gasteiger partial charge in [-0.2, -0.15) is 0 Å². The maximum Gasteiger partial charge on any atom is 0.130 e. The molecule has 0 amide bonds. The summed E-state index contributed by atoms with van der Waals surface area (Å²) >= 11 is 0. The van der Waals surface area contributed by atoms with Gasteiger partial charge in [0.15, 0.2) is 0 Å². The Morgan fingerprint density at radius 1 is 0.298 bits per heavy atom. The fourth-order valence-electron chi connectivity index (χ4n) is 12.5. The summed E-state index contributed by atoms with van der Waals surface area (Å²) in [6, 6.07) is 75.6. The van der Waals surface area contributed by atoms with Crippen LogP contribution in [0.3, 0.4) is 0 Å².